The standard InChI is InChI=1S/C12H26O2/c1-7-8-12(13,11(4,5)6)14-9-10(2)3/h10,13H,7-9H2,1-6H3. The van der Waals surface area contributed by atoms with E-state index in [4.69, 9.17) is 4.74 Å². The highest BCUT2D eigenvalue weighted by atomic mass is 16.6. The monoisotopic (exact) mass is 202 g/mol. The van der Waals surface area contributed by atoms with Crippen LogP contribution in [0.5, 0.6) is 0 Å². The molecule has 2 nitrogen and oxygen atoms in total. The molecule has 1 N–H and O–H groups in total. The van der Waals surface area contributed by atoms with Gasteiger partial charge in [0.2, 0.25) is 0 Å². The maximum Gasteiger partial charge on any atom is 0.170 e. The van der Waals surface area contributed by atoms with E-state index in [0.29, 0.717) is 18.9 Å². The fraction of sp³-hybridized carbons (Fsp3) is 1.00. The lowest BCUT2D eigenvalue weighted by Crippen LogP contribution is -2.46. The van der Waals surface area contributed by atoms with Gasteiger partial charge in [0, 0.05) is 11.8 Å². The van der Waals surface area contributed by atoms with E-state index in [-0.39, 0.29) is 5.41 Å². The predicted octanol–water partition coefficient (Wildman–Crippen LogP) is 3.19. The van der Waals surface area contributed by atoms with Crippen LogP contribution in [-0.4, -0.2) is 17.5 Å². The van der Waals surface area contributed by atoms with Crippen molar-refractivity contribution in [1.29, 1.82) is 0 Å². The van der Waals surface area contributed by atoms with Gasteiger partial charge < -0.3 is 9.84 Å². The van der Waals surface area contributed by atoms with Crippen LogP contribution in [0.1, 0.15) is 54.4 Å². The van der Waals surface area contributed by atoms with E-state index in [1.54, 1.807) is 0 Å². The topological polar surface area (TPSA) is 29.5 Å². The van der Waals surface area contributed by atoms with Crippen molar-refractivity contribution in [2.45, 2.75) is 60.2 Å². The lowest BCUT2D eigenvalue weighted by Gasteiger charge is -2.40. The highest BCUT2D eigenvalue weighted by Crippen LogP contribution is 2.35. The van der Waals surface area contributed by atoms with Gasteiger partial charge in [-0.05, 0) is 5.92 Å². The predicted molar refractivity (Wildman–Crippen MR) is 60.1 cm³/mol. The van der Waals surface area contributed by atoms with Crippen molar-refractivity contribution in [2.75, 3.05) is 6.61 Å². The summed E-state index contributed by atoms with van der Waals surface area (Å²) in [4.78, 5) is 0. The first-order valence-corrected chi connectivity index (χ1v) is 5.59. The van der Waals surface area contributed by atoms with E-state index < -0.39 is 5.79 Å². The molecule has 0 aliphatic heterocycles. The highest BCUT2D eigenvalue weighted by Gasteiger charge is 2.40. The Morgan fingerprint density at radius 1 is 1.21 bits per heavy atom. The minimum absolute atomic E-state index is 0.224. The molecule has 0 aromatic carbocycles. The van der Waals surface area contributed by atoms with Crippen LogP contribution in [0.2, 0.25) is 0 Å². The van der Waals surface area contributed by atoms with Crippen LogP contribution in [0.15, 0.2) is 0 Å². The van der Waals surface area contributed by atoms with Gasteiger partial charge in [0.15, 0.2) is 5.79 Å². The van der Waals surface area contributed by atoms with Gasteiger partial charge in [-0.3, -0.25) is 0 Å². The lowest BCUT2D eigenvalue weighted by molar-refractivity contribution is -0.268. The minimum Gasteiger partial charge on any atom is -0.365 e. The number of aliphatic hydroxyl groups is 1. The molecule has 0 fully saturated rings. The molecule has 1 atom stereocenters. The number of ether oxygens (including phenoxy) is 1. The van der Waals surface area contributed by atoms with Crippen LogP contribution in [0.4, 0.5) is 0 Å². The second kappa shape index (κ2) is 5.13. The Morgan fingerprint density at radius 2 is 1.71 bits per heavy atom. The zero-order valence-electron chi connectivity index (χ0n) is 10.6. The zero-order valence-corrected chi connectivity index (χ0v) is 10.6. The van der Waals surface area contributed by atoms with Crippen LogP contribution in [0.3, 0.4) is 0 Å². The Kier molecular flexibility index (Phi) is 5.10. The van der Waals surface area contributed by atoms with E-state index in [0.717, 1.165) is 6.42 Å². The summed E-state index contributed by atoms with van der Waals surface area (Å²) in [5.74, 6) is -0.521. The molecule has 0 bridgehead atoms. The first-order chi connectivity index (χ1) is 6.23. The molecule has 0 saturated carbocycles. The van der Waals surface area contributed by atoms with E-state index >= 15 is 0 Å². The first-order valence-electron chi connectivity index (χ1n) is 5.59. The molecular formula is C12H26O2. The van der Waals surface area contributed by atoms with Crippen LogP contribution in [0.25, 0.3) is 0 Å². The van der Waals surface area contributed by atoms with Crippen LogP contribution >= 0.6 is 0 Å². The summed E-state index contributed by atoms with van der Waals surface area (Å²) in [6.45, 7) is 12.9. The fourth-order valence-electron chi connectivity index (χ4n) is 1.31. The summed E-state index contributed by atoms with van der Waals surface area (Å²) in [6.07, 6.45) is 1.63. The van der Waals surface area contributed by atoms with Crippen molar-refractivity contribution >= 4 is 0 Å². The number of hydrogen-bond acceptors (Lipinski definition) is 2. The lowest BCUT2D eigenvalue weighted by atomic mass is 9.82. The van der Waals surface area contributed by atoms with Crippen LogP contribution in [-0.2, 0) is 4.74 Å². The molecule has 0 amide bonds. The third-order valence-corrected chi connectivity index (χ3v) is 2.42. The smallest absolute Gasteiger partial charge is 0.170 e. The van der Waals surface area contributed by atoms with E-state index in [1.807, 2.05) is 20.8 Å². The minimum atomic E-state index is -0.980. The molecule has 1 unspecified atom stereocenters. The van der Waals surface area contributed by atoms with E-state index in [1.165, 1.54) is 0 Å². The summed E-state index contributed by atoms with van der Waals surface area (Å²) in [5.41, 5.74) is -0.224. The first kappa shape index (κ1) is 13.9. The summed E-state index contributed by atoms with van der Waals surface area (Å²) in [7, 11) is 0. The molecule has 0 aromatic heterocycles. The molecule has 0 saturated heterocycles. The van der Waals surface area contributed by atoms with Gasteiger partial charge in [0.1, 0.15) is 0 Å². The van der Waals surface area contributed by atoms with Crippen molar-refractivity contribution in [3.63, 3.8) is 0 Å². The maximum absolute atomic E-state index is 10.4. The fourth-order valence-corrected chi connectivity index (χ4v) is 1.31. The normalized spacial score (nSPS) is 17.1. The van der Waals surface area contributed by atoms with E-state index in [2.05, 4.69) is 20.8 Å². The molecule has 0 heterocycles. The number of hydrogen-bond donors (Lipinski definition) is 1. The summed E-state index contributed by atoms with van der Waals surface area (Å²) in [6, 6.07) is 0. The van der Waals surface area contributed by atoms with Gasteiger partial charge in [-0.2, -0.15) is 0 Å². The quantitative estimate of drug-likeness (QED) is 0.694. The second-order valence-corrected chi connectivity index (χ2v) is 5.49. The maximum atomic E-state index is 10.4. The molecular weight excluding hydrogens is 176 g/mol. The van der Waals surface area contributed by atoms with Gasteiger partial charge in [0.25, 0.3) is 0 Å². The van der Waals surface area contributed by atoms with Gasteiger partial charge >= 0.3 is 0 Å². The Hall–Kier alpha value is -0.0800. The average Bonchev–Trinajstić information content (AvgIpc) is 1.99. The van der Waals surface area contributed by atoms with Crippen molar-refractivity contribution in [3.8, 4) is 0 Å². The third-order valence-electron chi connectivity index (χ3n) is 2.42. The SMILES string of the molecule is CCCC(O)(OCC(C)C)C(C)(C)C. The Morgan fingerprint density at radius 3 is 2.00 bits per heavy atom. The average molecular weight is 202 g/mol. The Balaban J connectivity index is 4.40. The molecule has 0 spiro atoms. The van der Waals surface area contributed by atoms with Crippen molar-refractivity contribution in [1.82, 2.24) is 0 Å². The largest absolute Gasteiger partial charge is 0.365 e. The molecule has 86 valence electrons. The summed E-state index contributed by atoms with van der Waals surface area (Å²) < 4.78 is 5.65. The van der Waals surface area contributed by atoms with Crippen LogP contribution in [0, 0.1) is 11.3 Å². The van der Waals surface area contributed by atoms with Gasteiger partial charge in [-0.1, -0.05) is 48.0 Å². The van der Waals surface area contributed by atoms with Crippen LogP contribution < -0.4 is 0 Å². The molecule has 2 heteroatoms. The molecule has 0 aliphatic rings. The summed E-state index contributed by atoms with van der Waals surface area (Å²) >= 11 is 0. The van der Waals surface area contributed by atoms with Gasteiger partial charge in [-0.15, -0.1) is 0 Å². The highest BCUT2D eigenvalue weighted by molar-refractivity contribution is 4.81. The molecule has 0 aromatic rings. The molecule has 0 rings (SSSR count). The van der Waals surface area contributed by atoms with Crippen molar-refractivity contribution in [2.24, 2.45) is 11.3 Å². The zero-order chi connectivity index (χ0) is 11.4. The molecule has 0 radical (unpaired) electrons. The Bertz CT molecular complexity index is 158. The van der Waals surface area contributed by atoms with Gasteiger partial charge in [0.05, 0.1) is 6.61 Å². The number of rotatable bonds is 5. The third kappa shape index (κ3) is 3.97. The van der Waals surface area contributed by atoms with E-state index in [9.17, 15) is 5.11 Å². The second-order valence-electron chi connectivity index (χ2n) is 5.49. The summed E-state index contributed by atoms with van der Waals surface area (Å²) in [5, 5.41) is 10.4. The van der Waals surface area contributed by atoms with Crippen molar-refractivity contribution < 1.29 is 9.84 Å². The van der Waals surface area contributed by atoms with Crippen molar-refractivity contribution in [3.05, 3.63) is 0 Å². The molecule has 0 aliphatic carbocycles. The molecule has 14 heavy (non-hydrogen) atoms. The Labute approximate surface area is 88.7 Å². The van der Waals surface area contributed by atoms with Gasteiger partial charge in [-0.25, -0.2) is 0 Å².